The van der Waals surface area contributed by atoms with Gasteiger partial charge in [0.1, 0.15) is 11.6 Å². The van der Waals surface area contributed by atoms with Crippen molar-refractivity contribution in [2.45, 2.75) is 38.9 Å². The zero-order valence-corrected chi connectivity index (χ0v) is 13.7. The van der Waals surface area contributed by atoms with Crippen molar-refractivity contribution in [1.82, 2.24) is 9.80 Å². The van der Waals surface area contributed by atoms with E-state index in [9.17, 15) is 22.7 Å². The highest BCUT2D eigenvalue weighted by atomic mass is 19.4. The molecule has 2 unspecified atom stereocenters. The van der Waals surface area contributed by atoms with Gasteiger partial charge in [-0.15, -0.1) is 13.2 Å². The summed E-state index contributed by atoms with van der Waals surface area (Å²) in [5.74, 6) is -1.21. The first kappa shape index (κ1) is 19.0. The highest BCUT2D eigenvalue weighted by Gasteiger charge is 2.33. The highest BCUT2D eigenvalue weighted by molar-refractivity contribution is 5.35. The monoisotopic (exact) mass is 350 g/mol. The number of alkyl halides is 3. The molecule has 0 amide bonds. The Morgan fingerprint density at radius 3 is 2.62 bits per heavy atom. The number of halogens is 4. The van der Waals surface area contributed by atoms with Crippen LogP contribution in [0.5, 0.6) is 5.75 Å². The van der Waals surface area contributed by atoms with Crippen LogP contribution in [0.1, 0.15) is 19.4 Å². The summed E-state index contributed by atoms with van der Waals surface area (Å²) in [6.07, 6.45) is -5.30. The number of rotatable bonds is 5. The van der Waals surface area contributed by atoms with Crippen LogP contribution in [0.2, 0.25) is 0 Å². The molecule has 4 nitrogen and oxygen atoms in total. The third-order valence-corrected chi connectivity index (χ3v) is 4.03. The fourth-order valence-corrected chi connectivity index (χ4v) is 2.96. The normalized spacial score (nSPS) is 21.7. The lowest BCUT2D eigenvalue weighted by atomic mass is 10.1. The third kappa shape index (κ3) is 5.32. The van der Waals surface area contributed by atoms with Crippen molar-refractivity contribution >= 4 is 0 Å². The lowest BCUT2D eigenvalue weighted by molar-refractivity contribution is -0.275. The largest absolute Gasteiger partial charge is 0.573 e. The fourth-order valence-electron chi connectivity index (χ4n) is 2.96. The Balaban J connectivity index is 2.08. The van der Waals surface area contributed by atoms with E-state index in [2.05, 4.69) is 9.64 Å². The van der Waals surface area contributed by atoms with Crippen molar-refractivity contribution in [2.24, 2.45) is 0 Å². The second-order valence-corrected chi connectivity index (χ2v) is 6.19. The van der Waals surface area contributed by atoms with Crippen LogP contribution in [-0.2, 0) is 6.54 Å². The van der Waals surface area contributed by atoms with E-state index in [-0.39, 0.29) is 18.2 Å². The molecule has 0 radical (unpaired) electrons. The lowest BCUT2D eigenvalue weighted by Crippen LogP contribution is -2.52. The lowest BCUT2D eigenvalue weighted by Gasteiger charge is -2.40. The van der Waals surface area contributed by atoms with Crippen LogP contribution in [0.15, 0.2) is 18.2 Å². The first-order valence-electron chi connectivity index (χ1n) is 7.83. The van der Waals surface area contributed by atoms with Gasteiger partial charge in [-0.2, -0.15) is 0 Å². The molecule has 1 N–H and O–H groups in total. The molecule has 2 rings (SSSR count). The van der Waals surface area contributed by atoms with Crippen molar-refractivity contribution < 1.29 is 27.4 Å². The first-order valence-corrected chi connectivity index (χ1v) is 7.83. The highest BCUT2D eigenvalue weighted by Crippen LogP contribution is 2.30. The van der Waals surface area contributed by atoms with Crippen LogP contribution < -0.4 is 4.74 Å². The molecule has 136 valence electrons. The number of piperazine rings is 1. The number of nitrogens with zero attached hydrogens (tertiary/aromatic N) is 2. The summed E-state index contributed by atoms with van der Waals surface area (Å²) in [6, 6.07) is 3.48. The molecule has 24 heavy (non-hydrogen) atoms. The molecule has 8 heteroatoms. The molecule has 0 aliphatic carbocycles. The second kappa shape index (κ2) is 7.67. The molecular weight excluding hydrogens is 328 g/mol. The SMILES string of the molecule is CC(O)CN1CCN(Cc2c(F)cccc2OC(F)(F)F)C(C)C1. The number of hydrogen-bond donors (Lipinski definition) is 1. The van der Waals surface area contributed by atoms with Crippen LogP contribution in [-0.4, -0.2) is 59.6 Å². The van der Waals surface area contributed by atoms with E-state index in [1.807, 2.05) is 11.8 Å². The third-order valence-electron chi connectivity index (χ3n) is 4.03. The molecule has 1 aromatic carbocycles. The van der Waals surface area contributed by atoms with Crippen molar-refractivity contribution in [3.05, 3.63) is 29.6 Å². The first-order chi connectivity index (χ1) is 11.2. The van der Waals surface area contributed by atoms with E-state index in [1.165, 1.54) is 6.07 Å². The van der Waals surface area contributed by atoms with Crippen LogP contribution in [0, 0.1) is 5.82 Å². The standard InChI is InChI=1S/C16H22F4N2O2/c1-11-8-21(9-12(2)23)6-7-22(11)10-13-14(17)4-3-5-15(13)24-16(18,19)20/h3-5,11-12,23H,6-10H2,1-2H3. The Morgan fingerprint density at radius 1 is 1.33 bits per heavy atom. The smallest absolute Gasteiger partial charge is 0.405 e. The molecular formula is C16H22F4N2O2. The minimum Gasteiger partial charge on any atom is -0.405 e. The van der Waals surface area contributed by atoms with Crippen LogP contribution >= 0.6 is 0 Å². The summed E-state index contributed by atoms with van der Waals surface area (Å²) in [7, 11) is 0. The number of aliphatic hydroxyl groups is 1. The molecule has 0 spiro atoms. The number of β-amino-alcohol motifs (C(OH)–C–C–N with tert-alkyl or cyclic N) is 1. The number of aliphatic hydroxyl groups excluding tert-OH is 1. The average molecular weight is 350 g/mol. The van der Waals surface area contributed by atoms with Gasteiger partial charge < -0.3 is 9.84 Å². The molecule has 1 aliphatic heterocycles. The summed E-state index contributed by atoms with van der Waals surface area (Å²) >= 11 is 0. The Labute approximate surface area is 138 Å². The van der Waals surface area contributed by atoms with E-state index in [1.54, 1.807) is 6.92 Å². The van der Waals surface area contributed by atoms with E-state index in [4.69, 9.17) is 0 Å². The topological polar surface area (TPSA) is 35.9 Å². The zero-order chi connectivity index (χ0) is 17.9. The summed E-state index contributed by atoms with van der Waals surface area (Å²) in [4.78, 5) is 4.00. The van der Waals surface area contributed by atoms with E-state index < -0.39 is 24.0 Å². The predicted molar refractivity (Wildman–Crippen MR) is 81.1 cm³/mol. The van der Waals surface area contributed by atoms with Crippen molar-refractivity contribution in [3.8, 4) is 5.75 Å². The van der Waals surface area contributed by atoms with E-state index in [0.29, 0.717) is 26.2 Å². The zero-order valence-electron chi connectivity index (χ0n) is 13.7. The maximum Gasteiger partial charge on any atom is 0.573 e. The van der Waals surface area contributed by atoms with Crippen molar-refractivity contribution in [1.29, 1.82) is 0 Å². The predicted octanol–water partition coefficient (Wildman–Crippen LogP) is 2.61. The van der Waals surface area contributed by atoms with Crippen LogP contribution in [0.25, 0.3) is 0 Å². The molecule has 1 aromatic rings. The minimum atomic E-state index is -4.86. The molecule has 1 fully saturated rings. The quantitative estimate of drug-likeness (QED) is 0.828. The minimum absolute atomic E-state index is 0.0239. The van der Waals surface area contributed by atoms with Gasteiger partial charge in [0.2, 0.25) is 0 Å². The van der Waals surface area contributed by atoms with Crippen molar-refractivity contribution in [3.63, 3.8) is 0 Å². The maximum absolute atomic E-state index is 14.0. The molecule has 2 atom stereocenters. The molecule has 1 heterocycles. The Kier molecular flexibility index (Phi) is 6.06. The van der Waals surface area contributed by atoms with Gasteiger partial charge in [-0.1, -0.05) is 6.07 Å². The van der Waals surface area contributed by atoms with Gasteiger partial charge in [-0.05, 0) is 26.0 Å². The van der Waals surface area contributed by atoms with Gasteiger partial charge >= 0.3 is 6.36 Å². The number of benzene rings is 1. The molecule has 1 aliphatic rings. The van der Waals surface area contributed by atoms with Gasteiger partial charge in [0.15, 0.2) is 0 Å². The molecule has 0 saturated carbocycles. The molecule has 0 aromatic heterocycles. The van der Waals surface area contributed by atoms with Crippen molar-refractivity contribution in [2.75, 3.05) is 26.2 Å². The number of ether oxygens (including phenoxy) is 1. The summed E-state index contributed by atoms with van der Waals surface area (Å²) < 4.78 is 55.5. The molecule has 1 saturated heterocycles. The van der Waals surface area contributed by atoms with Gasteiger partial charge in [0.05, 0.1) is 6.10 Å². The number of hydrogen-bond acceptors (Lipinski definition) is 4. The van der Waals surface area contributed by atoms with Gasteiger partial charge in [0, 0.05) is 44.3 Å². The van der Waals surface area contributed by atoms with Gasteiger partial charge in [0.25, 0.3) is 0 Å². The van der Waals surface area contributed by atoms with Gasteiger partial charge in [-0.25, -0.2) is 4.39 Å². The van der Waals surface area contributed by atoms with Gasteiger partial charge in [-0.3, -0.25) is 9.80 Å². The summed E-state index contributed by atoms with van der Waals surface area (Å²) in [5.41, 5.74) is -0.0920. The Morgan fingerprint density at radius 2 is 2.04 bits per heavy atom. The van der Waals surface area contributed by atoms with E-state index in [0.717, 1.165) is 12.1 Å². The Hall–Kier alpha value is -1.38. The second-order valence-electron chi connectivity index (χ2n) is 6.19. The van der Waals surface area contributed by atoms with Crippen LogP contribution in [0.3, 0.4) is 0 Å². The fraction of sp³-hybridized carbons (Fsp3) is 0.625. The van der Waals surface area contributed by atoms with Crippen LogP contribution in [0.4, 0.5) is 17.6 Å². The van der Waals surface area contributed by atoms with E-state index >= 15 is 0 Å². The average Bonchev–Trinajstić information content (AvgIpc) is 2.42. The Bertz CT molecular complexity index is 551. The molecule has 0 bridgehead atoms. The summed E-state index contributed by atoms with van der Waals surface area (Å²) in [5, 5.41) is 9.44. The summed E-state index contributed by atoms with van der Waals surface area (Å²) in [6.45, 7) is 6.13. The maximum atomic E-state index is 14.0.